The van der Waals surface area contributed by atoms with Gasteiger partial charge in [-0.15, -0.1) is 5.10 Å². The molecule has 0 aromatic carbocycles. The van der Waals surface area contributed by atoms with Gasteiger partial charge in [0.25, 0.3) is 0 Å². The minimum Gasteiger partial charge on any atom is -0.480 e. The highest BCUT2D eigenvalue weighted by Gasteiger charge is 1.96. The smallest absolute Gasteiger partial charge is 0.232 e. The van der Waals surface area contributed by atoms with E-state index in [1.807, 2.05) is 12.3 Å². The Morgan fingerprint density at radius 1 is 1.62 bits per heavy atom. The first-order valence-electron chi connectivity index (χ1n) is 4.52. The van der Waals surface area contributed by atoms with Crippen molar-refractivity contribution >= 4 is 9.52 Å². The van der Waals surface area contributed by atoms with Crippen LogP contribution >= 0.6 is 0 Å². The summed E-state index contributed by atoms with van der Waals surface area (Å²) in [7, 11) is 1.74. The second-order valence-electron chi connectivity index (χ2n) is 2.79. The molecule has 0 amide bonds. The van der Waals surface area contributed by atoms with Crippen molar-refractivity contribution in [1.82, 2.24) is 9.78 Å². The van der Waals surface area contributed by atoms with Crippen LogP contribution in [0, 0.1) is 0 Å². The second kappa shape index (κ2) is 5.77. The largest absolute Gasteiger partial charge is 0.480 e. The van der Waals surface area contributed by atoms with E-state index in [2.05, 4.69) is 11.6 Å². The molecule has 0 aliphatic rings. The van der Waals surface area contributed by atoms with Gasteiger partial charge in [0.05, 0.1) is 7.11 Å². The maximum absolute atomic E-state index is 5.40. The maximum Gasteiger partial charge on any atom is 0.232 e. The fourth-order valence-electron chi connectivity index (χ4n) is 0.928. The van der Waals surface area contributed by atoms with Gasteiger partial charge in [-0.1, -0.05) is 6.55 Å². The van der Waals surface area contributed by atoms with Crippen LogP contribution in [0.25, 0.3) is 0 Å². The van der Waals surface area contributed by atoms with Crippen molar-refractivity contribution in [3.8, 4) is 5.88 Å². The van der Waals surface area contributed by atoms with Crippen LogP contribution in [0.15, 0.2) is 12.3 Å². The molecule has 1 aromatic heterocycles. The SMILES string of the molecule is COc1ccn(COCC[SiH2]C)n1. The lowest BCUT2D eigenvalue weighted by Crippen LogP contribution is -2.05. The van der Waals surface area contributed by atoms with E-state index in [1.165, 1.54) is 6.04 Å². The Balaban J connectivity index is 2.20. The quantitative estimate of drug-likeness (QED) is 0.495. The summed E-state index contributed by atoms with van der Waals surface area (Å²) in [4.78, 5) is 0. The van der Waals surface area contributed by atoms with E-state index in [-0.39, 0.29) is 9.52 Å². The van der Waals surface area contributed by atoms with Crippen molar-refractivity contribution < 1.29 is 9.47 Å². The van der Waals surface area contributed by atoms with Crippen molar-refractivity contribution in [3.05, 3.63) is 12.3 Å². The third-order valence-corrected chi connectivity index (χ3v) is 2.69. The number of nitrogens with zero attached hydrogens (tertiary/aromatic N) is 2. The summed E-state index contributed by atoms with van der Waals surface area (Å²) in [6, 6.07) is 3.05. The first-order valence-corrected chi connectivity index (χ1v) is 6.93. The molecule has 0 atom stereocenters. The fourth-order valence-corrected chi connectivity index (χ4v) is 1.42. The first kappa shape index (κ1) is 10.3. The van der Waals surface area contributed by atoms with Gasteiger partial charge in [0.1, 0.15) is 6.73 Å². The van der Waals surface area contributed by atoms with E-state index in [0.717, 1.165) is 6.61 Å². The second-order valence-corrected chi connectivity index (χ2v) is 4.50. The molecule has 0 saturated carbocycles. The first-order chi connectivity index (χ1) is 6.36. The minimum atomic E-state index is 0.135. The lowest BCUT2D eigenvalue weighted by atomic mass is 10.7. The molecule has 13 heavy (non-hydrogen) atoms. The molecule has 0 bridgehead atoms. The summed E-state index contributed by atoms with van der Waals surface area (Å²) in [5.41, 5.74) is 0. The highest BCUT2D eigenvalue weighted by Crippen LogP contribution is 2.03. The Hall–Kier alpha value is -0.813. The highest BCUT2D eigenvalue weighted by atomic mass is 28.2. The van der Waals surface area contributed by atoms with Crippen LogP contribution in [0.2, 0.25) is 12.6 Å². The lowest BCUT2D eigenvalue weighted by molar-refractivity contribution is 0.0783. The molecule has 0 radical (unpaired) electrons. The number of rotatable bonds is 6. The zero-order valence-corrected chi connectivity index (χ0v) is 9.61. The Labute approximate surface area is 80.7 Å². The summed E-state index contributed by atoms with van der Waals surface area (Å²) in [5, 5.41) is 4.11. The minimum absolute atomic E-state index is 0.135. The van der Waals surface area contributed by atoms with Crippen LogP contribution < -0.4 is 4.74 Å². The Bertz CT molecular complexity index is 240. The maximum atomic E-state index is 5.40. The molecular weight excluding hydrogens is 184 g/mol. The van der Waals surface area contributed by atoms with Gasteiger partial charge in [-0.25, -0.2) is 4.68 Å². The van der Waals surface area contributed by atoms with Crippen molar-refractivity contribution in [2.75, 3.05) is 13.7 Å². The highest BCUT2D eigenvalue weighted by molar-refractivity contribution is 6.33. The van der Waals surface area contributed by atoms with E-state index in [0.29, 0.717) is 12.6 Å². The van der Waals surface area contributed by atoms with Gasteiger partial charge in [0.2, 0.25) is 5.88 Å². The molecule has 0 aliphatic heterocycles. The van der Waals surface area contributed by atoms with Crippen LogP contribution in [-0.2, 0) is 11.5 Å². The van der Waals surface area contributed by atoms with Crippen molar-refractivity contribution in [2.45, 2.75) is 19.3 Å². The van der Waals surface area contributed by atoms with Crippen LogP contribution in [0.3, 0.4) is 0 Å². The molecule has 0 fully saturated rings. The predicted octanol–water partition coefficient (Wildman–Crippen LogP) is 0.501. The lowest BCUT2D eigenvalue weighted by Gasteiger charge is -2.02. The molecule has 5 heteroatoms. The van der Waals surface area contributed by atoms with Gasteiger partial charge in [0.15, 0.2) is 0 Å². The standard InChI is InChI=1S/C8H16N2O2Si/c1-11-8-3-4-10(9-8)7-12-5-6-13-2/h3-4H,5-7,13H2,1-2H3. The van der Waals surface area contributed by atoms with E-state index >= 15 is 0 Å². The van der Waals surface area contributed by atoms with Gasteiger partial charge in [-0.2, -0.15) is 0 Å². The molecule has 4 nitrogen and oxygen atoms in total. The predicted molar refractivity (Wildman–Crippen MR) is 53.9 cm³/mol. The van der Waals surface area contributed by atoms with Gasteiger partial charge in [-0.3, -0.25) is 0 Å². The monoisotopic (exact) mass is 200 g/mol. The molecule has 1 aromatic rings. The van der Waals surface area contributed by atoms with E-state index < -0.39 is 0 Å². The molecule has 0 spiro atoms. The fraction of sp³-hybridized carbons (Fsp3) is 0.625. The summed E-state index contributed by atoms with van der Waals surface area (Å²) in [6.07, 6.45) is 1.85. The number of hydrogen-bond donors (Lipinski definition) is 0. The number of aromatic nitrogens is 2. The van der Waals surface area contributed by atoms with Crippen molar-refractivity contribution in [2.24, 2.45) is 0 Å². The topological polar surface area (TPSA) is 36.3 Å². The number of methoxy groups -OCH3 is 1. The Kier molecular flexibility index (Phi) is 4.56. The molecule has 1 heterocycles. The molecular formula is C8H16N2O2Si. The molecule has 0 N–H and O–H groups in total. The van der Waals surface area contributed by atoms with E-state index in [9.17, 15) is 0 Å². The molecule has 0 aliphatic carbocycles. The molecule has 0 saturated heterocycles. The summed E-state index contributed by atoms with van der Waals surface area (Å²) < 4.78 is 12.1. The third-order valence-electron chi connectivity index (χ3n) is 1.69. The Morgan fingerprint density at radius 3 is 3.08 bits per heavy atom. The van der Waals surface area contributed by atoms with E-state index in [1.54, 1.807) is 11.8 Å². The van der Waals surface area contributed by atoms with Crippen LogP contribution in [0.4, 0.5) is 0 Å². The van der Waals surface area contributed by atoms with Gasteiger partial charge < -0.3 is 9.47 Å². The Morgan fingerprint density at radius 2 is 2.46 bits per heavy atom. The normalized spacial score (nSPS) is 11.2. The molecule has 1 rings (SSSR count). The summed E-state index contributed by atoms with van der Waals surface area (Å²) in [5.74, 6) is 0.633. The van der Waals surface area contributed by atoms with Crippen LogP contribution in [0.1, 0.15) is 0 Å². The van der Waals surface area contributed by atoms with Crippen LogP contribution in [-0.4, -0.2) is 33.0 Å². The van der Waals surface area contributed by atoms with Crippen molar-refractivity contribution in [3.63, 3.8) is 0 Å². The zero-order valence-electron chi connectivity index (χ0n) is 8.19. The summed E-state index contributed by atoms with van der Waals surface area (Å²) in [6.45, 7) is 3.66. The van der Waals surface area contributed by atoms with Crippen molar-refractivity contribution in [1.29, 1.82) is 0 Å². The average molecular weight is 200 g/mol. The van der Waals surface area contributed by atoms with Gasteiger partial charge in [-0.05, 0) is 6.04 Å². The number of ether oxygens (including phenoxy) is 2. The number of hydrogen-bond acceptors (Lipinski definition) is 3. The molecule has 74 valence electrons. The summed E-state index contributed by atoms with van der Waals surface area (Å²) >= 11 is 0. The van der Waals surface area contributed by atoms with E-state index in [4.69, 9.17) is 9.47 Å². The van der Waals surface area contributed by atoms with Gasteiger partial charge >= 0.3 is 0 Å². The van der Waals surface area contributed by atoms with Gasteiger partial charge in [0, 0.05) is 28.4 Å². The average Bonchev–Trinajstić information content (AvgIpc) is 2.60. The third kappa shape index (κ3) is 3.60. The molecule has 0 unspecified atom stereocenters. The zero-order chi connectivity index (χ0) is 9.52. The van der Waals surface area contributed by atoms with Crippen LogP contribution in [0.5, 0.6) is 5.88 Å².